The summed E-state index contributed by atoms with van der Waals surface area (Å²) in [6, 6.07) is 1.98. The summed E-state index contributed by atoms with van der Waals surface area (Å²) in [5.41, 5.74) is 1.94. The van der Waals surface area contributed by atoms with Crippen LogP contribution in [-0.4, -0.2) is 36.5 Å². The van der Waals surface area contributed by atoms with Gasteiger partial charge in [-0.25, -0.2) is 0 Å². The van der Waals surface area contributed by atoms with Crippen LogP contribution in [0.2, 0.25) is 0 Å². The Balaban J connectivity index is 2.21. The van der Waals surface area contributed by atoms with E-state index in [1.54, 1.807) is 6.92 Å². The average Bonchev–Trinajstić information content (AvgIpc) is 2.62. The minimum atomic E-state index is 0.124. The molecule has 0 atom stereocenters. The second-order valence-corrected chi connectivity index (χ2v) is 3.99. The van der Waals surface area contributed by atoms with Crippen molar-refractivity contribution in [3.8, 4) is 0 Å². The highest BCUT2D eigenvalue weighted by Gasteiger charge is 2.14. The number of ketones is 1. The summed E-state index contributed by atoms with van der Waals surface area (Å²) >= 11 is 0. The predicted molar refractivity (Wildman–Crippen MR) is 60.5 cm³/mol. The van der Waals surface area contributed by atoms with Crippen LogP contribution in [0.4, 0.5) is 5.69 Å². The molecule has 2 rings (SSSR count). The Morgan fingerprint density at radius 3 is 2.60 bits per heavy atom. The summed E-state index contributed by atoms with van der Waals surface area (Å²) in [4.78, 5) is 13.6. The normalized spacial score (nSPS) is 16.8. The van der Waals surface area contributed by atoms with Crippen LogP contribution in [0.15, 0.2) is 12.3 Å². The fraction of sp³-hybridized carbons (Fsp3) is 0.545. The van der Waals surface area contributed by atoms with Crippen molar-refractivity contribution in [2.24, 2.45) is 7.05 Å². The summed E-state index contributed by atoms with van der Waals surface area (Å²) in [7, 11) is 1.92. The predicted octanol–water partition coefficient (Wildman–Crippen LogP) is 0.637. The molecule has 0 aromatic carbocycles. The molecule has 1 N–H and O–H groups in total. The Labute approximate surface area is 89.9 Å². The first-order valence-electron chi connectivity index (χ1n) is 5.31. The molecular weight excluding hydrogens is 190 g/mol. The molecule has 15 heavy (non-hydrogen) atoms. The first-order chi connectivity index (χ1) is 7.18. The molecule has 0 aliphatic carbocycles. The van der Waals surface area contributed by atoms with Gasteiger partial charge in [0.15, 0.2) is 5.78 Å². The zero-order valence-electron chi connectivity index (χ0n) is 9.29. The number of rotatable bonds is 2. The molecule has 1 aromatic heterocycles. The summed E-state index contributed by atoms with van der Waals surface area (Å²) in [6.07, 6.45) is 2.03. The molecule has 0 bridgehead atoms. The van der Waals surface area contributed by atoms with Gasteiger partial charge < -0.3 is 14.8 Å². The number of carbonyl (C=O) groups is 1. The van der Waals surface area contributed by atoms with Crippen LogP contribution in [0.25, 0.3) is 0 Å². The van der Waals surface area contributed by atoms with Crippen LogP contribution in [0.3, 0.4) is 0 Å². The lowest BCUT2D eigenvalue weighted by Crippen LogP contribution is -2.43. The number of Topliss-reactive ketones (excluding diaryl/α,β-unsaturated/α-hetero) is 1. The quantitative estimate of drug-likeness (QED) is 0.723. The van der Waals surface area contributed by atoms with Crippen molar-refractivity contribution in [1.29, 1.82) is 0 Å². The first kappa shape index (κ1) is 10.2. The lowest BCUT2D eigenvalue weighted by molar-refractivity contribution is 0.101. The average molecular weight is 207 g/mol. The van der Waals surface area contributed by atoms with E-state index in [2.05, 4.69) is 10.2 Å². The number of hydrogen-bond donors (Lipinski definition) is 1. The van der Waals surface area contributed by atoms with Crippen molar-refractivity contribution in [2.75, 3.05) is 31.1 Å². The number of anilines is 1. The van der Waals surface area contributed by atoms with E-state index in [9.17, 15) is 4.79 Å². The van der Waals surface area contributed by atoms with Gasteiger partial charge in [-0.15, -0.1) is 0 Å². The molecule has 2 heterocycles. The molecule has 0 spiro atoms. The molecule has 0 amide bonds. The van der Waals surface area contributed by atoms with Gasteiger partial charge in [0.25, 0.3) is 0 Å². The number of nitrogens with one attached hydrogen (secondary N) is 1. The van der Waals surface area contributed by atoms with E-state index < -0.39 is 0 Å². The molecule has 1 aliphatic rings. The monoisotopic (exact) mass is 207 g/mol. The summed E-state index contributed by atoms with van der Waals surface area (Å²) < 4.78 is 1.90. The Bertz CT molecular complexity index is 364. The van der Waals surface area contributed by atoms with Gasteiger partial charge in [0.2, 0.25) is 0 Å². The Morgan fingerprint density at radius 2 is 2.07 bits per heavy atom. The lowest BCUT2D eigenvalue weighted by atomic mass is 10.3. The number of aromatic nitrogens is 1. The van der Waals surface area contributed by atoms with E-state index in [4.69, 9.17) is 0 Å². The van der Waals surface area contributed by atoms with Crippen LogP contribution in [-0.2, 0) is 7.05 Å². The lowest BCUT2D eigenvalue weighted by Gasteiger charge is -2.28. The van der Waals surface area contributed by atoms with Crippen molar-refractivity contribution >= 4 is 11.5 Å². The van der Waals surface area contributed by atoms with E-state index in [1.165, 1.54) is 0 Å². The number of piperazine rings is 1. The van der Waals surface area contributed by atoms with Crippen LogP contribution < -0.4 is 10.2 Å². The highest BCUT2D eigenvalue weighted by atomic mass is 16.1. The van der Waals surface area contributed by atoms with Gasteiger partial charge >= 0.3 is 0 Å². The molecule has 1 saturated heterocycles. The molecular formula is C11H17N3O. The van der Waals surface area contributed by atoms with Gasteiger partial charge in [-0.3, -0.25) is 4.79 Å². The van der Waals surface area contributed by atoms with Gasteiger partial charge in [0, 0.05) is 46.3 Å². The molecule has 1 fully saturated rings. The van der Waals surface area contributed by atoms with E-state index >= 15 is 0 Å². The maximum Gasteiger partial charge on any atom is 0.176 e. The van der Waals surface area contributed by atoms with Crippen molar-refractivity contribution in [3.05, 3.63) is 18.0 Å². The summed E-state index contributed by atoms with van der Waals surface area (Å²) in [5, 5.41) is 3.31. The number of aryl methyl sites for hydroxylation is 1. The maximum atomic E-state index is 11.3. The van der Waals surface area contributed by atoms with Crippen molar-refractivity contribution in [3.63, 3.8) is 0 Å². The highest BCUT2D eigenvalue weighted by molar-refractivity contribution is 5.93. The SMILES string of the molecule is CC(=O)c1cc(N2CCNCC2)cn1C. The second kappa shape index (κ2) is 4.06. The molecule has 4 heteroatoms. The minimum absolute atomic E-state index is 0.124. The van der Waals surface area contributed by atoms with Gasteiger partial charge in [-0.2, -0.15) is 0 Å². The van der Waals surface area contributed by atoms with Crippen molar-refractivity contribution in [1.82, 2.24) is 9.88 Å². The number of hydrogen-bond acceptors (Lipinski definition) is 3. The standard InChI is InChI=1S/C11H17N3O/c1-9(15)11-7-10(8-13(11)2)14-5-3-12-4-6-14/h7-8,12H,3-6H2,1-2H3. The van der Waals surface area contributed by atoms with E-state index in [-0.39, 0.29) is 5.78 Å². The number of carbonyl (C=O) groups excluding carboxylic acids is 1. The van der Waals surface area contributed by atoms with E-state index in [1.807, 2.05) is 23.9 Å². The van der Waals surface area contributed by atoms with Crippen LogP contribution in [0.5, 0.6) is 0 Å². The van der Waals surface area contributed by atoms with Crippen LogP contribution in [0, 0.1) is 0 Å². The third-order valence-electron chi connectivity index (χ3n) is 2.83. The fourth-order valence-electron chi connectivity index (χ4n) is 1.99. The molecule has 4 nitrogen and oxygen atoms in total. The second-order valence-electron chi connectivity index (χ2n) is 3.99. The van der Waals surface area contributed by atoms with Crippen LogP contribution >= 0.6 is 0 Å². The molecule has 0 unspecified atom stereocenters. The molecule has 1 aromatic rings. The van der Waals surface area contributed by atoms with E-state index in [0.717, 1.165) is 37.6 Å². The smallest absolute Gasteiger partial charge is 0.176 e. The van der Waals surface area contributed by atoms with Crippen molar-refractivity contribution in [2.45, 2.75) is 6.92 Å². The Kier molecular flexibility index (Phi) is 2.77. The Morgan fingerprint density at radius 1 is 1.40 bits per heavy atom. The largest absolute Gasteiger partial charge is 0.368 e. The Hall–Kier alpha value is -1.29. The third-order valence-corrected chi connectivity index (χ3v) is 2.83. The van der Waals surface area contributed by atoms with Crippen LogP contribution in [0.1, 0.15) is 17.4 Å². The fourth-order valence-corrected chi connectivity index (χ4v) is 1.99. The molecule has 82 valence electrons. The summed E-state index contributed by atoms with van der Waals surface area (Å²) in [6.45, 7) is 5.67. The number of nitrogens with zero attached hydrogens (tertiary/aromatic N) is 2. The molecule has 0 saturated carbocycles. The molecule has 0 radical (unpaired) electrons. The van der Waals surface area contributed by atoms with Crippen molar-refractivity contribution < 1.29 is 4.79 Å². The van der Waals surface area contributed by atoms with Gasteiger partial charge in [-0.05, 0) is 6.07 Å². The van der Waals surface area contributed by atoms with E-state index in [0.29, 0.717) is 0 Å². The zero-order valence-corrected chi connectivity index (χ0v) is 9.29. The van der Waals surface area contributed by atoms with Gasteiger partial charge in [0.1, 0.15) is 0 Å². The third kappa shape index (κ3) is 2.04. The maximum absolute atomic E-state index is 11.3. The molecule has 1 aliphatic heterocycles. The summed E-state index contributed by atoms with van der Waals surface area (Å²) in [5.74, 6) is 0.124. The van der Waals surface area contributed by atoms with Gasteiger partial charge in [-0.1, -0.05) is 0 Å². The first-order valence-corrected chi connectivity index (χ1v) is 5.31. The minimum Gasteiger partial charge on any atom is -0.368 e. The highest BCUT2D eigenvalue weighted by Crippen LogP contribution is 2.18. The zero-order chi connectivity index (χ0) is 10.8. The van der Waals surface area contributed by atoms with Gasteiger partial charge in [0.05, 0.1) is 11.4 Å². The topological polar surface area (TPSA) is 37.3 Å².